The molecule has 0 aliphatic carbocycles. The lowest BCUT2D eigenvalue weighted by atomic mass is 10.0. The van der Waals surface area contributed by atoms with Crippen molar-refractivity contribution in [3.8, 4) is 0 Å². The minimum absolute atomic E-state index is 0.0601. The highest BCUT2D eigenvalue weighted by Crippen LogP contribution is 2.24. The van der Waals surface area contributed by atoms with Crippen molar-refractivity contribution in [3.05, 3.63) is 54.2 Å². The van der Waals surface area contributed by atoms with Crippen LogP contribution in [0, 0.1) is 0 Å². The molecule has 0 radical (unpaired) electrons. The van der Waals surface area contributed by atoms with Crippen molar-refractivity contribution in [1.82, 2.24) is 31.2 Å². The molecule has 1 aliphatic rings. The van der Waals surface area contributed by atoms with Crippen LogP contribution < -0.4 is 21.3 Å². The molecule has 4 rings (SSSR count). The first-order valence-corrected chi connectivity index (χ1v) is 11.2. The Kier molecular flexibility index (Phi) is 7.79. The Bertz CT molecular complexity index is 996. The van der Waals surface area contributed by atoms with Gasteiger partial charge in [0.25, 0.3) is 0 Å². The van der Waals surface area contributed by atoms with E-state index in [-0.39, 0.29) is 5.91 Å². The first-order valence-electron chi connectivity index (χ1n) is 11.2. The molecule has 31 heavy (non-hydrogen) atoms. The number of carbonyl (C=O) groups excluding carboxylic acids is 1. The summed E-state index contributed by atoms with van der Waals surface area (Å²) in [5, 5.41) is 16.8. The van der Waals surface area contributed by atoms with Gasteiger partial charge in [-0.3, -0.25) is 14.7 Å². The average Bonchev–Trinajstić information content (AvgIpc) is 2.79. The van der Waals surface area contributed by atoms with Crippen LogP contribution in [0.25, 0.3) is 21.7 Å². The number of nitrogens with one attached hydrogen (secondary N) is 4. The van der Waals surface area contributed by atoms with E-state index in [1.807, 2.05) is 30.5 Å². The molecule has 7 heteroatoms. The molecular weight excluding hydrogens is 388 g/mol. The van der Waals surface area contributed by atoms with Gasteiger partial charge >= 0.3 is 0 Å². The monoisotopic (exact) mass is 420 g/mol. The van der Waals surface area contributed by atoms with Crippen molar-refractivity contribution >= 4 is 27.6 Å². The molecule has 7 nitrogen and oxygen atoms in total. The number of fused-ring (bicyclic) bond motifs is 3. The second-order valence-electron chi connectivity index (χ2n) is 8.00. The third-order valence-corrected chi connectivity index (χ3v) is 5.68. The number of benzene rings is 2. The molecule has 0 spiro atoms. The van der Waals surface area contributed by atoms with Crippen LogP contribution in [-0.2, 0) is 11.3 Å². The smallest absolute Gasteiger partial charge is 0.234 e. The molecule has 1 aliphatic heterocycles. The van der Waals surface area contributed by atoms with Gasteiger partial charge < -0.3 is 21.3 Å². The van der Waals surface area contributed by atoms with E-state index in [1.165, 1.54) is 5.39 Å². The minimum atomic E-state index is 0.0601. The van der Waals surface area contributed by atoms with Crippen LogP contribution >= 0.6 is 0 Å². The maximum Gasteiger partial charge on any atom is 0.234 e. The van der Waals surface area contributed by atoms with E-state index in [2.05, 4.69) is 49.4 Å². The molecule has 0 saturated carbocycles. The lowest BCUT2D eigenvalue weighted by Crippen LogP contribution is -2.45. The van der Waals surface area contributed by atoms with Gasteiger partial charge in [0, 0.05) is 75.9 Å². The molecule has 4 N–H and O–H groups in total. The summed E-state index contributed by atoms with van der Waals surface area (Å²) in [4.78, 5) is 19.4. The summed E-state index contributed by atoms with van der Waals surface area (Å²) in [5.41, 5.74) is 2.06. The molecule has 1 aromatic heterocycles. The summed E-state index contributed by atoms with van der Waals surface area (Å²) < 4.78 is 0. The molecule has 0 unspecified atom stereocenters. The second-order valence-corrected chi connectivity index (χ2v) is 8.00. The Morgan fingerprint density at radius 3 is 2.39 bits per heavy atom. The van der Waals surface area contributed by atoms with Crippen molar-refractivity contribution in [2.75, 3.05) is 58.9 Å². The first-order chi connectivity index (χ1) is 15.3. The van der Waals surface area contributed by atoms with Crippen molar-refractivity contribution in [2.24, 2.45) is 0 Å². The van der Waals surface area contributed by atoms with Crippen LogP contribution in [0.5, 0.6) is 0 Å². The van der Waals surface area contributed by atoms with Crippen LogP contribution in [0.4, 0.5) is 0 Å². The summed E-state index contributed by atoms with van der Waals surface area (Å²) in [7, 11) is 0. The van der Waals surface area contributed by atoms with Crippen molar-refractivity contribution in [2.45, 2.75) is 6.54 Å². The fourth-order valence-corrected chi connectivity index (χ4v) is 3.95. The normalized spacial score (nSPS) is 17.2. The quantitative estimate of drug-likeness (QED) is 0.473. The molecule has 1 saturated heterocycles. The van der Waals surface area contributed by atoms with E-state index in [4.69, 9.17) is 0 Å². The molecule has 1 amide bonds. The van der Waals surface area contributed by atoms with Gasteiger partial charge in [0.05, 0.1) is 12.1 Å². The minimum Gasteiger partial charge on any atom is -0.351 e. The summed E-state index contributed by atoms with van der Waals surface area (Å²) in [6.07, 6.45) is 1.91. The highest BCUT2D eigenvalue weighted by molar-refractivity contribution is 6.05. The van der Waals surface area contributed by atoms with E-state index >= 15 is 0 Å². The highest BCUT2D eigenvalue weighted by Gasteiger charge is 2.11. The number of hydrogen-bond donors (Lipinski definition) is 4. The lowest BCUT2D eigenvalue weighted by Gasteiger charge is -2.23. The van der Waals surface area contributed by atoms with Gasteiger partial charge in [-0.15, -0.1) is 0 Å². The fraction of sp³-hybridized carbons (Fsp3) is 0.417. The van der Waals surface area contributed by atoms with Gasteiger partial charge in [0.1, 0.15) is 0 Å². The molecule has 1 fully saturated rings. The van der Waals surface area contributed by atoms with Crippen LogP contribution in [0.15, 0.2) is 48.7 Å². The fourth-order valence-electron chi connectivity index (χ4n) is 3.95. The SMILES string of the molecule is O=C(CN1CCNCCNCCNCC1)NCc1ccc2ncc3ccccc3c2c1. The Hall–Kier alpha value is -2.58. The highest BCUT2D eigenvalue weighted by atomic mass is 16.2. The van der Waals surface area contributed by atoms with Gasteiger partial charge in [0.2, 0.25) is 5.91 Å². The zero-order valence-corrected chi connectivity index (χ0v) is 18.0. The third kappa shape index (κ3) is 6.21. The summed E-state index contributed by atoms with van der Waals surface area (Å²) in [6, 6.07) is 14.5. The van der Waals surface area contributed by atoms with Crippen molar-refractivity contribution in [1.29, 1.82) is 0 Å². The summed E-state index contributed by atoms with van der Waals surface area (Å²) in [6.45, 7) is 8.28. The Morgan fingerprint density at radius 1 is 0.903 bits per heavy atom. The number of aromatic nitrogens is 1. The average molecular weight is 421 g/mol. The lowest BCUT2D eigenvalue weighted by molar-refractivity contribution is -0.122. The van der Waals surface area contributed by atoms with E-state index in [0.29, 0.717) is 13.1 Å². The summed E-state index contributed by atoms with van der Waals surface area (Å²) in [5.74, 6) is 0.0601. The molecule has 2 aromatic carbocycles. The standard InChI is InChI=1S/C24H32N6O/c31-24(18-30-13-11-26-9-7-25-8-10-27-12-14-30)29-16-19-5-6-23-22(15-19)21-4-2-1-3-20(21)17-28-23/h1-6,15,17,25-27H,7-14,16,18H2,(H,29,31). The Morgan fingerprint density at radius 2 is 1.61 bits per heavy atom. The number of nitrogens with zero attached hydrogens (tertiary/aromatic N) is 2. The van der Waals surface area contributed by atoms with Crippen LogP contribution in [0.1, 0.15) is 5.56 Å². The largest absolute Gasteiger partial charge is 0.351 e. The number of rotatable bonds is 4. The predicted molar refractivity (Wildman–Crippen MR) is 126 cm³/mol. The van der Waals surface area contributed by atoms with Gasteiger partial charge in [0.15, 0.2) is 0 Å². The van der Waals surface area contributed by atoms with Crippen LogP contribution in [-0.4, -0.2) is 74.7 Å². The van der Waals surface area contributed by atoms with Gasteiger partial charge in [-0.1, -0.05) is 30.3 Å². The van der Waals surface area contributed by atoms with E-state index in [9.17, 15) is 4.79 Å². The number of hydrogen-bond acceptors (Lipinski definition) is 6. The second kappa shape index (κ2) is 11.2. The molecular formula is C24H32N6O. The topological polar surface area (TPSA) is 81.3 Å². The molecule has 2 heterocycles. The van der Waals surface area contributed by atoms with Crippen LogP contribution in [0.2, 0.25) is 0 Å². The molecule has 164 valence electrons. The molecule has 0 bridgehead atoms. The zero-order valence-electron chi connectivity index (χ0n) is 18.0. The van der Waals surface area contributed by atoms with Crippen molar-refractivity contribution < 1.29 is 4.79 Å². The third-order valence-electron chi connectivity index (χ3n) is 5.68. The molecule has 0 atom stereocenters. The number of pyridine rings is 1. The maximum absolute atomic E-state index is 12.6. The van der Waals surface area contributed by atoms with Crippen LogP contribution in [0.3, 0.4) is 0 Å². The van der Waals surface area contributed by atoms with E-state index in [1.54, 1.807) is 0 Å². The van der Waals surface area contributed by atoms with Crippen molar-refractivity contribution in [3.63, 3.8) is 0 Å². The Balaban J connectivity index is 1.35. The zero-order chi connectivity index (χ0) is 21.3. The number of carbonyl (C=O) groups is 1. The van der Waals surface area contributed by atoms with E-state index < -0.39 is 0 Å². The van der Waals surface area contributed by atoms with Gasteiger partial charge in [-0.2, -0.15) is 0 Å². The van der Waals surface area contributed by atoms with E-state index in [0.717, 1.165) is 74.2 Å². The molecule has 3 aromatic rings. The summed E-state index contributed by atoms with van der Waals surface area (Å²) >= 11 is 0. The van der Waals surface area contributed by atoms with Gasteiger partial charge in [-0.05, 0) is 23.1 Å². The Labute approximate surface area is 183 Å². The predicted octanol–water partition coefficient (Wildman–Crippen LogP) is 1.09. The first kappa shape index (κ1) is 21.6. The number of amides is 1. The van der Waals surface area contributed by atoms with Gasteiger partial charge in [-0.25, -0.2) is 0 Å². The maximum atomic E-state index is 12.6.